The van der Waals surface area contributed by atoms with Gasteiger partial charge < -0.3 is 63.1 Å². The lowest BCUT2D eigenvalue weighted by Gasteiger charge is -2.49. The van der Waals surface area contributed by atoms with Gasteiger partial charge in [0.2, 0.25) is 0 Å². The predicted octanol–water partition coefficient (Wildman–Crippen LogP) is 4.90. The third-order valence-electron chi connectivity index (χ3n) is 13.3. The summed E-state index contributed by atoms with van der Waals surface area (Å²) in [5.41, 5.74) is 1.72. The number of hydrogen-bond donors (Lipinski definition) is 2. The number of carbonyl (C=O) groups is 5. The van der Waals surface area contributed by atoms with E-state index in [0.29, 0.717) is 12.0 Å². The molecule has 2 fully saturated rings. The molecule has 18 nitrogen and oxygen atoms in total. The first kappa shape index (κ1) is 54.6. The van der Waals surface area contributed by atoms with Crippen LogP contribution in [0.25, 0.3) is 0 Å². The zero-order chi connectivity index (χ0) is 49.5. The van der Waals surface area contributed by atoms with Crippen LogP contribution < -0.4 is 5.73 Å². The van der Waals surface area contributed by atoms with Gasteiger partial charge in [-0.1, -0.05) is 39.0 Å². The molecular formula is C48H74N2O16. The molecule has 3 aliphatic rings. The maximum atomic E-state index is 14.8. The number of aliphatic hydroxyl groups excluding tert-OH is 1. The van der Waals surface area contributed by atoms with Crippen molar-refractivity contribution < 1.29 is 76.4 Å². The highest BCUT2D eigenvalue weighted by Gasteiger charge is 2.54. The molecule has 66 heavy (non-hydrogen) atoms. The first-order valence-electron chi connectivity index (χ1n) is 22.7. The van der Waals surface area contributed by atoms with E-state index in [9.17, 15) is 29.1 Å². The van der Waals surface area contributed by atoms with Crippen molar-refractivity contribution in [3.63, 3.8) is 0 Å². The highest BCUT2D eigenvalue weighted by Crippen LogP contribution is 2.42. The minimum absolute atomic E-state index is 0.0204. The molecule has 1 aromatic rings. The van der Waals surface area contributed by atoms with Crippen LogP contribution >= 0.6 is 0 Å². The Kier molecular flexibility index (Phi) is 18.9. The molecule has 1 aromatic carbocycles. The Morgan fingerprint density at radius 3 is 2.14 bits per heavy atom. The molecule has 3 N–H and O–H groups in total. The monoisotopic (exact) mass is 935 g/mol. The number of primary amides is 1. The number of rotatable bonds is 13. The largest absolute Gasteiger partial charge is 0.457 e. The van der Waals surface area contributed by atoms with E-state index in [1.165, 1.54) is 20.3 Å². The Labute approximate surface area is 389 Å². The number of amides is 1. The summed E-state index contributed by atoms with van der Waals surface area (Å²) in [6.45, 7) is 16.2. The van der Waals surface area contributed by atoms with Crippen molar-refractivity contribution in [1.29, 1.82) is 0 Å². The van der Waals surface area contributed by atoms with Crippen LogP contribution in [0.3, 0.4) is 0 Å². The Balaban J connectivity index is 1.98. The Morgan fingerprint density at radius 2 is 1.56 bits per heavy atom. The van der Waals surface area contributed by atoms with E-state index >= 15 is 0 Å². The normalized spacial score (nSPS) is 39.2. The van der Waals surface area contributed by atoms with E-state index in [0.717, 1.165) is 0 Å². The molecule has 18 heteroatoms. The van der Waals surface area contributed by atoms with Gasteiger partial charge in [-0.3, -0.25) is 9.59 Å². The number of benzene rings is 1. The molecule has 1 amide bonds. The van der Waals surface area contributed by atoms with Gasteiger partial charge in [-0.05, 0) is 106 Å². The standard InChI is InChI=1S/C48H74N2O16/c1-15-34-46(8,65-35(51)25-57-13)22-26(2)37(52)27(3)23-48(10,66-45(49)56)41(29(5)38(30(6)42(54)61-34)62-36-24-47(9,58-14)40(53)31(7)60-36)64-44-39(33(50(11)12)21-28(4)59-44)63-43(55)32-19-17-16-18-20-32/h16-20,22,27-31,33-34,36,38-41,44,53H,15,21,23-25H2,1-14H3,(H2,49,56)/b26-22+/t27-,28-,29+,30-,31+,33+,34-,36+,38+,39-,40+,41-,44?,46+,47-,48-/m1/s1. The molecule has 0 spiro atoms. The van der Waals surface area contributed by atoms with E-state index in [4.69, 9.17) is 53.1 Å². The highest BCUT2D eigenvalue weighted by atomic mass is 16.7. The summed E-state index contributed by atoms with van der Waals surface area (Å²) in [5, 5.41) is 11.1. The molecule has 4 rings (SSSR count). The van der Waals surface area contributed by atoms with Crippen molar-refractivity contribution in [1.82, 2.24) is 4.90 Å². The van der Waals surface area contributed by atoms with Crippen molar-refractivity contribution in [3.05, 3.63) is 47.5 Å². The summed E-state index contributed by atoms with van der Waals surface area (Å²) in [6, 6.07) is 8.02. The van der Waals surface area contributed by atoms with Crippen LogP contribution in [0.2, 0.25) is 0 Å². The van der Waals surface area contributed by atoms with Crippen LogP contribution in [-0.4, -0.2) is 153 Å². The van der Waals surface area contributed by atoms with Crippen molar-refractivity contribution >= 4 is 29.8 Å². The lowest BCUT2D eigenvalue weighted by Crippen LogP contribution is -2.62. The van der Waals surface area contributed by atoms with E-state index in [2.05, 4.69) is 0 Å². The fraction of sp³-hybridized carbons (Fsp3) is 0.729. The average molecular weight is 935 g/mol. The maximum absolute atomic E-state index is 14.8. The third-order valence-corrected chi connectivity index (χ3v) is 13.3. The number of likely N-dealkylation sites (N-methyl/N-ethyl adjacent to an activating group) is 1. The summed E-state index contributed by atoms with van der Waals surface area (Å²) in [4.78, 5) is 71.1. The number of ether oxygens (including phenoxy) is 10. The van der Waals surface area contributed by atoms with Crippen molar-refractivity contribution in [3.8, 4) is 0 Å². The number of allylic oxidation sites excluding steroid dienone is 1. The van der Waals surface area contributed by atoms with Gasteiger partial charge in [0.15, 0.2) is 30.1 Å². The summed E-state index contributed by atoms with van der Waals surface area (Å²) in [7, 11) is 6.48. The minimum atomic E-state index is -1.81. The Morgan fingerprint density at radius 1 is 0.909 bits per heavy atom. The molecule has 1 unspecified atom stereocenters. The number of methoxy groups -OCH3 is 2. The Bertz CT molecular complexity index is 1860. The second kappa shape index (κ2) is 22.9. The van der Waals surface area contributed by atoms with Gasteiger partial charge in [0.25, 0.3) is 0 Å². The average Bonchev–Trinajstić information content (AvgIpc) is 3.24. The van der Waals surface area contributed by atoms with Gasteiger partial charge in [-0.25, -0.2) is 14.4 Å². The number of esters is 3. The first-order valence-corrected chi connectivity index (χ1v) is 22.7. The summed E-state index contributed by atoms with van der Waals surface area (Å²) in [5.74, 6) is -5.68. The van der Waals surface area contributed by atoms with Gasteiger partial charge in [0.1, 0.15) is 30.5 Å². The molecule has 0 saturated carbocycles. The van der Waals surface area contributed by atoms with Crippen molar-refractivity contribution in [2.75, 3.05) is 34.9 Å². The fourth-order valence-electron chi connectivity index (χ4n) is 9.74. The zero-order valence-corrected chi connectivity index (χ0v) is 41.1. The minimum Gasteiger partial charge on any atom is -0.457 e. The van der Waals surface area contributed by atoms with Gasteiger partial charge >= 0.3 is 24.0 Å². The lowest BCUT2D eigenvalue weighted by molar-refractivity contribution is -0.317. The van der Waals surface area contributed by atoms with Crippen LogP contribution in [0.5, 0.6) is 0 Å². The quantitative estimate of drug-likeness (QED) is 0.198. The molecular weight excluding hydrogens is 861 g/mol. The summed E-state index contributed by atoms with van der Waals surface area (Å²) < 4.78 is 62.0. The number of nitrogens with two attached hydrogens (primary N) is 1. The number of ketones is 1. The van der Waals surface area contributed by atoms with Crippen LogP contribution in [0.1, 0.15) is 105 Å². The maximum Gasteiger partial charge on any atom is 0.405 e. The molecule has 0 aliphatic carbocycles. The van der Waals surface area contributed by atoms with Crippen LogP contribution in [-0.2, 0) is 61.8 Å². The topological polar surface area (TPSA) is 227 Å². The molecule has 372 valence electrons. The lowest BCUT2D eigenvalue weighted by atomic mass is 9.76. The van der Waals surface area contributed by atoms with Crippen molar-refractivity contribution in [2.24, 2.45) is 23.5 Å². The molecule has 0 bridgehead atoms. The smallest absolute Gasteiger partial charge is 0.405 e. The fourth-order valence-corrected chi connectivity index (χ4v) is 9.74. The molecule has 16 atom stereocenters. The highest BCUT2D eigenvalue weighted by molar-refractivity contribution is 5.96. The van der Waals surface area contributed by atoms with Crippen molar-refractivity contribution in [2.45, 2.75) is 173 Å². The van der Waals surface area contributed by atoms with Crippen LogP contribution in [0, 0.1) is 17.8 Å². The number of hydrogen-bond acceptors (Lipinski definition) is 17. The number of carbonyl (C=O) groups excluding carboxylic acids is 5. The number of Topliss-reactive ketones (excluding diaryl/α,β-unsaturated/α-hetero) is 1. The van der Waals surface area contributed by atoms with E-state index in [-0.39, 0.29) is 24.8 Å². The zero-order valence-electron chi connectivity index (χ0n) is 41.1. The van der Waals surface area contributed by atoms with Crippen LogP contribution in [0.15, 0.2) is 42.0 Å². The molecule has 3 heterocycles. The van der Waals surface area contributed by atoms with E-state index < -0.39 is 132 Å². The Hall–Kier alpha value is -4.01. The molecule has 3 aliphatic heterocycles. The van der Waals surface area contributed by atoms with Gasteiger partial charge in [-0.2, -0.15) is 0 Å². The number of cyclic esters (lactones) is 1. The van der Waals surface area contributed by atoms with Gasteiger partial charge in [-0.15, -0.1) is 0 Å². The predicted molar refractivity (Wildman–Crippen MR) is 239 cm³/mol. The summed E-state index contributed by atoms with van der Waals surface area (Å²) >= 11 is 0. The molecule has 2 saturated heterocycles. The molecule has 0 aromatic heterocycles. The van der Waals surface area contributed by atoms with Gasteiger partial charge in [0, 0.05) is 32.5 Å². The first-order chi connectivity index (χ1) is 30.8. The molecule has 0 radical (unpaired) electrons. The van der Waals surface area contributed by atoms with E-state index in [1.807, 2.05) is 25.9 Å². The van der Waals surface area contributed by atoms with Gasteiger partial charge in [0.05, 0.1) is 41.4 Å². The number of nitrogens with zero attached hydrogens (tertiary/aromatic N) is 1. The summed E-state index contributed by atoms with van der Waals surface area (Å²) in [6.07, 6.45) is -8.74. The second-order valence-corrected chi connectivity index (χ2v) is 19.0. The second-order valence-electron chi connectivity index (χ2n) is 19.0. The SMILES string of the molecule is CC[C@H]1OC(=O)[C@H](C)[C@@H](O[C@H]2C[C@@](C)(OC)[C@@H](O)[C@H](C)O2)[C@H](C)[C@@H](OC2O[C@H](C)C[C@H](N(C)C)[C@H]2OC(=O)c2ccccc2)[C@](C)(OC(N)=O)C[C@@H](C)C(=O)/C(C)=C/[C@]1(C)OC(=O)COC. The number of aliphatic hydroxyl groups is 1. The van der Waals surface area contributed by atoms with Crippen LogP contribution in [0.4, 0.5) is 4.79 Å². The van der Waals surface area contributed by atoms with E-state index in [1.54, 1.807) is 92.6 Å². The third kappa shape index (κ3) is 12.9.